The van der Waals surface area contributed by atoms with Gasteiger partial charge >= 0.3 is 0 Å². The molecule has 0 bridgehead atoms. The molecule has 2 N–H and O–H groups in total. The van der Waals surface area contributed by atoms with Gasteiger partial charge in [0.15, 0.2) is 4.60 Å². The highest BCUT2D eigenvalue weighted by Crippen LogP contribution is 2.18. The van der Waals surface area contributed by atoms with Crippen LogP contribution in [0.15, 0.2) is 9.63 Å². The van der Waals surface area contributed by atoms with E-state index < -0.39 is 10.0 Å². The van der Waals surface area contributed by atoms with Gasteiger partial charge in [-0.1, -0.05) is 11.6 Å². The first-order valence-electron chi connectivity index (χ1n) is 5.79. The molecule has 9 heteroatoms. The summed E-state index contributed by atoms with van der Waals surface area (Å²) < 4.78 is 28.7. The van der Waals surface area contributed by atoms with Crippen molar-refractivity contribution in [1.29, 1.82) is 0 Å². The fourth-order valence-electron chi connectivity index (χ4n) is 2.00. The second kappa shape index (κ2) is 5.64. The smallest absolute Gasteiger partial charge is 0.260 e. The average Bonchev–Trinajstić information content (AvgIpc) is 2.52. The van der Waals surface area contributed by atoms with Gasteiger partial charge in [-0.05, 0) is 35.3 Å². The van der Waals surface area contributed by atoms with Crippen LogP contribution in [0.4, 0.5) is 0 Å². The molecular formula is C9H16BrN5O2S. The fourth-order valence-corrected chi connectivity index (χ4v) is 4.37. The van der Waals surface area contributed by atoms with E-state index in [-0.39, 0.29) is 15.7 Å². The normalized spacial score (nSPS) is 21.8. The second-order valence-electron chi connectivity index (χ2n) is 4.33. The van der Waals surface area contributed by atoms with E-state index in [9.17, 15) is 8.42 Å². The van der Waals surface area contributed by atoms with Crippen molar-refractivity contribution in [3.8, 4) is 0 Å². The zero-order valence-electron chi connectivity index (χ0n) is 10.1. The number of rotatable bonds is 3. The maximum absolute atomic E-state index is 12.2. The zero-order valence-corrected chi connectivity index (χ0v) is 12.5. The molecule has 102 valence electrons. The Kier molecular flexibility index (Phi) is 4.36. The molecule has 2 rings (SSSR count). The van der Waals surface area contributed by atoms with Gasteiger partial charge in [0.1, 0.15) is 0 Å². The summed E-state index contributed by atoms with van der Waals surface area (Å²) in [5.41, 5.74) is 0. The molecule has 0 spiro atoms. The van der Waals surface area contributed by atoms with E-state index >= 15 is 0 Å². The van der Waals surface area contributed by atoms with Crippen molar-refractivity contribution in [2.45, 2.75) is 30.3 Å². The highest BCUT2D eigenvalue weighted by atomic mass is 79.9. The van der Waals surface area contributed by atoms with Crippen LogP contribution in [0, 0.1) is 0 Å². The SMILES string of the molecule is Cn1nnc(Br)c1S(=O)(=O)NC1CCCCNC1. The third kappa shape index (κ3) is 3.08. The van der Waals surface area contributed by atoms with Gasteiger partial charge in [0, 0.05) is 19.6 Å². The Labute approximate surface area is 115 Å². The van der Waals surface area contributed by atoms with Gasteiger partial charge in [-0.15, -0.1) is 5.10 Å². The lowest BCUT2D eigenvalue weighted by molar-refractivity contribution is 0.511. The highest BCUT2D eigenvalue weighted by molar-refractivity contribution is 9.10. The van der Waals surface area contributed by atoms with E-state index in [1.54, 1.807) is 7.05 Å². The summed E-state index contributed by atoms with van der Waals surface area (Å²) in [6.45, 7) is 1.59. The lowest BCUT2D eigenvalue weighted by atomic mass is 10.2. The Morgan fingerprint density at radius 2 is 2.28 bits per heavy atom. The molecule has 1 aliphatic rings. The Morgan fingerprint density at radius 1 is 1.50 bits per heavy atom. The lowest BCUT2D eigenvalue weighted by Gasteiger charge is -2.16. The molecule has 0 aromatic carbocycles. The van der Waals surface area contributed by atoms with Crippen molar-refractivity contribution in [3.05, 3.63) is 4.60 Å². The van der Waals surface area contributed by atoms with Crippen LogP contribution in [0.3, 0.4) is 0 Å². The predicted molar refractivity (Wildman–Crippen MR) is 69.5 cm³/mol. The molecule has 1 saturated heterocycles. The Bertz CT molecular complexity index is 488. The van der Waals surface area contributed by atoms with Gasteiger partial charge in [-0.2, -0.15) is 0 Å². The van der Waals surface area contributed by atoms with Crippen LogP contribution < -0.4 is 10.0 Å². The summed E-state index contributed by atoms with van der Waals surface area (Å²) in [5.74, 6) is 0. The first-order chi connectivity index (χ1) is 8.50. The molecule has 2 heterocycles. The Balaban J connectivity index is 2.16. The number of hydrogen-bond donors (Lipinski definition) is 2. The van der Waals surface area contributed by atoms with Crippen LogP contribution in [0.5, 0.6) is 0 Å². The highest BCUT2D eigenvalue weighted by Gasteiger charge is 2.27. The van der Waals surface area contributed by atoms with Crippen molar-refractivity contribution >= 4 is 26.0 Å². The standard InChI is InChI=1S/C9H16BrN5O2S/c1-15-9(8(10)12-14-15)18(16,17)13-7-4-2-3-5-11-6-7/h7,11,13H,2-6H2,1H3. The number of hydrogen-bond acceptors (Lipinski definition) is 5. The molecule has 0 amide bonds. The number of nitrogens with zero attached hydrogens (tertiary/aromatic N) is 3. The minimum Gasteiger partial charge on any atom is -0.315 e. The molecule has 1 fully saturated rings. The molecule has 1 aliphatic heterocycles. The first kappa shape index (κ1) is 13.9. The van der Waals surface area contributed by atoms with Crippen LogP contribution in [0.2, 0.25) is 0 Å². The summed E-state index contributed by atoms with van der Waals surface area (Å²) in [4.78, 5) is 0. The van der Waals surface area contributed by atoms with Crippen LogP contribution >= 0.6 is 15.9 Å². The van der Waals surface area contributed by atoms with Crippen LogP contribution in [-0.4, -0.2) is 42.5 Å². The monoisotopic (exact) mass is 337 g/mol. The van der Waals surface area contributed by atoms with Crippen molar-refractivity contribution in [1.82, 2.24) is 25.0 Å². The zero-order chi connectivity index (χ0) is 13.2. The number of halogens is 1. The molecule has 0 aliphatic carbocycles. The number of aromatic nitrogens is 3. The van der Waals surface area contributed by atoms with Gasteiger partial charge in [0.25, 0.3) is 10.0 Å². The quantitative estimate of drug-likeness (QED) is 0.810. The molecule has 1 atom stereocenters. The van der Waals surface area contributed by atoms with Crippen LogP contribution in [-0.2, 0) is 17.1 Å². The van der Waals surface area contributed by atoms with Crippen molar-refractivity contribution in [2.75, 3.05) is 13.1 Å². The van der Waals surface area contributed by atoms with E-state index in [2.05, 4.69) is 36.3 Å². The molecule has 1 aromatic heterocycles. The Morgan fingerprint density at radius 3 is 2.94 bits per heavy atom. The van der Waals surface area contributed by atoms with Gasteiger partial charge in [-0.25, -0.2) is 17.8 Å². The summed E-state index contributed by atoms with van der Waals surface area (Å²) in [6, 6.07) is -0.0840. The summed E-state index contributed by atoms with van der Waals surface area (Å²) in [7, 11) is -2.04. The molecule has 1 aromatic rings. The predicted octanol–water partition coefficient (Wildman–Crippen LogP) is -0.00200. The van der Waals surface area contributed by atoms with Crippen LogP contribution in [0.1, 0.15) is 19.3 Å². The van der Waals surface area contributed by atoms with E-state index in [1.165, 1.54) is 4.68 Å². The second-order valence-corrected chi connectivity index (χ2v) is 6.71. The number of aryl methyl sites for hydroxylation is 1. The average molecular weight is 338 g/mol. The van der Waals surface area contributed by atoms with Gasteiger partial charge in [0.05, 0.1) is 0 Å². The summed E-state index contributed by atoms with van der Waals surface area (Å²) in [6.07, 6.45) is 2.94. The van der Waals surface area contributed by atoms with Gasteiger partial charge in [-0.3, -0.25) is 0 Å². The van der Waals surface area contributed by atoms with Crippen LogP contribution in [0.25, 0.3) is 0 Å². The fraction of sp³-hybridized carbons (Fsp3) is 0.778. The number of sulfonamides is 1. The van der Waals surface area contributed by atoms with E-state index in [0.717, 1.165) is 25.8 Å². The minimum atomic E-state index is -3.59. The van der Waals surface area contributed by atoms with Gasteiger partial charge in [0.2, 0.25) is 5.03 Å². The molecule has 1 unspecified atom stereocenters. The van der Waals surface area contributed by atoms with E-state index in [0.29, 0.717) is 6.54 Å². The molecule has 7 nitrogen and oxygen atoms in total. The largest absolute Gasteiger partial charge is 0.315 e. The van der Waals surface area contributed by atoms with E-state index in [4.69, 9.17) is 0 Å². The summed E-state index contributed by atoms with van der Waals surface area (Å²) >= 11 is 3.10. The van der Waals surface area contributed by atoms with Crippen molar-refractivity contribution in [2.24, 2.45) is 7.05 Å². The maximum atomic E-state index is 12.2. The Hall–Kier alpha value is -0.510. The minimum absolute atomic E-state index is 0.0618. The molecule has 0 saturated carbocycles. The third-order valence-corrected chi connectivity index (χ3v) is 5.27. The van der Waals surface area contributed by atoms with Crippen molar-refractivity contribution < 1.29 is 8.42 Å². The topological polar surface area (TPSA) is 88.9 Å². The lowest BCUT2D eigenvalue weighted by Crippen LogP contribution is -2.41. The summed E-state index contributed by atoms with van der Waals surface area (Å²) in [5, 5.41) is 10.6. The molecule has 18 heavy (non-hydrogen) atoms. The molecular weight excluding hydrogens is 322 g/mol. The van der Waals surface area contributed by atoms with Gasteiger partial charge < -0.3 is 5.32 Å². The first-order valence-corrected chi connectivity index (χ1v) is 8.06. The van der Waals surface area contributed by atoms with E-state index in [1.807, 2.05) is 0 Å². The third-order valence-electron chi connectivity index (χ3n) is 2.86. The maximum Gasteiger partial charge on any atom is 0.260 e. The van der Waals surface area contributed by atoms with Crippen molar-refractivity contribution in [3.63, 3.8) is 0 Å². The number of nitrogens with one attached hydrogen (secondary N) is 2. The molecule has 0 radical (unpaired) electrons.